The van der Waals surface area contributed by atoms with E-state index < -0.39 is 0 Å². The van der Waals surface area contributed by atoms with Gasteiger partial charge in [0, 0.05) is 17.1 Å². The molecule has 21 heavy (non-hydrogen) atoms. The molecule has 0 N–H and O–H groups in total. The number of rotatable bonds is 2. The molecule has 0 unspecified atom stereocenters. The fourth-order valence-corrected chi connectivity index (χ4v) is 2.54. The zero-order valence-electron chi connectivity index (χ0n) is 11.5. The quantitative estimate of drug-likeness (QED) is 0.718. The Balaban J connectivity index is 1.84. The number of nitrogens with zero attached hydrogens (tertiary/aromatic N) is 1. The number of ether oxygens (including phenoxy) is 3. The molecule has 0 saturated heterocycles. The number of methoxy groups -OCH3 is 1. The van der Waals surface area contributed by atoms with Crippen LogP contribution in [0.5, 0.6) is 17.2 Å². The number of pyridine rings is 1. The Hall–Kier alpha value is -2.75. The predicted octanol–water partition coefficient (Wildman–Crippen LogP) is 3.64. The van der Waals surface area contributed by atoms with Crippen LogP contribution in [-0.4, -0.2) is 18.9 Å². The first-order valence-corrected chi connectivity index (χ1v) is 6.68. The summed E-state index contributed by atoms with van der Waals surface area (Å²) in [6, 6.07) is 13.9. The van der Waals surface area contributed by atoms with Gasteiger partial charge in [0.2, 0.25) is 6.79 Å². The Bertz CT molecular complexity index is 829. The second-order valence-corrected chi connectivity index (χ2v) is 4.82. The Morgan fingerprint density at radius 2 is 1.95 bits per heavy atom. The lowest BCUT2D eigenvalue weighted by molar-refractivity contribution is 0.174. The fraction of sp³-hybridized carbons (Fsp3) is 0.118. The first-order valence-electron chi connectivity index (χ1n) is 6.68. The average molecular weight is 279 g/mol. The van der Waals surface area contributed by atoms with Crippen LogP contribution < -0.4 is 14.2 Å². The van der Waals surface area contributed by atoms with Crippen LogP contribution in [0.1, 0.15) is 0 Å². The van der Waals surface area contributed by atoms with Crippen molar-refractivity contribution in [1.82, 2.24) is 4.98 Å². The highest BCUT2D eigenvalue weighted by molar-refractivity contribution is 5.90. The van der Waals surface area contributed by atoms with E-state index in [1.54, 1.807) is 7.11 Å². The van der Waals surface area contributed by atoms with Crippen LogP contribution in [0.2, 0.25) is 0 Å². The van der Waals surface area contributed by atoms with Gasteiger partial charge in [-0.1, -0.05) is 12.1 Å². The minimum absolute atomic E-state index is 0.279. The molecule has 4 rings (SSSR count). The van der Waals surface area contributed by atoms with E-state index in [0.29, 0.717) is 0 Å². The van der Waals surface area contributed by atoms with Crippen molar-refractivity contribution in [1.29, 1.82) is 0 Å². The van der Waals surface area contributed by atoms with Gasteiger partial charge in [0.05, 0.1) is 12.8 Å². The van der Waals surface area contributed by atoms with Crippen molar-refractivity contribution in [3.63, 3.8) is 0 Å². The van der Waals surface area contributed by atoms with Gasteiger partial charge in [0.1, 0.15) is 5.75 Å². The fourth-order valence-electron chi connectivity index (χ4n) is 2.54. The molecule has 4 nitrogen and oxygen atoms in total. The summed E-state index contributed by atoms with van der Waals surface area (Å²) in [6.07, 6.45) is 1.84. The van der Waals surface area contributed by atoms with E-state index in [1.165, 1.54) is 0 Å². The molecule has 0 atom stereocenters. The molecule has 0 aliphatic carbocycles. The lowest BCUT2D eigenvalue weighted by Crippen LogP contribution is -1.92. The number of hydrogen-bond acceptors (Lipinski definition) is 4. The zero-order valence-corrected chi connectivity index (χ0v) is 11.5. The van der Waals surface area contributed by atoms with E-state index in [0.717, 1.165) is 39.3 Å². The molecule has 0 radical (unpaired) electrons. The summed E-state index contributed by atoms with van der Waals surface area (Å²) in [4.78, 5) is 4.53. The number of aromatic nitrogens is 1. The largest absolute Gasteiger partial charge is 0.496 e. The van der Waals surface area contributed by atoms with Crippen LogP contribution in [-0.2, 0) is 0 Å². The molecule has 1 aromatic heterocycles. The molecule has 104 valence electrons. The third kappa shape index (κ3) is 1.96. The Kier molecular flexibility index (Phi) is 2.67. The third-order valence-electron chi connectivity index (χ3n) is 3.61. The molecular weight excluding hydrogens is 266 g/mol. The highest BCUT2D eigenvalue weighted by Crippen LogP contribution is 2.36. The Labute approximate surface area is 121 Å². The van der Waals surface area contributed by atoms with E-state index in [-0.39, 0.29) is 6.79 Å². The predicted molar refractivity (Wildman–Crippen MR) is 79.9 cm³/mol. The summed E-state index contributed by atoms with van der Waals surface area (Å²) < 4.78 is 16.1. The lowest BCUT2D eigenvalue weighted by atomic mass is 10.1. The minimum atomic E-state index is 0.279. The maximum atomic E-state index is 5.41. The first-order chi connectivity index (χ1) is 10.3. The van der Waals surface area contributed by atoms with Gasteiger partial charge in [-0.3, -0.25) is 4.98 Å². The van der Waals surface area contributed by atoms with Gasteiger partial charge >= 0.3 is 0 Å². The third-order valence-corrected chi connectivity index (χ3v) is 3.61. The Morgan fingerprint density at radius 3 is 2.86 bits per heavy atom. The first kappa shape index (κ1) is 12.0. The van der Waals surface area contributed by atoms with E-state index in [4.69, 9.17) is 14.2 Å². The standard InChI is InChI=1S/C17H13NO3/c1-19-15-4-2-3-11-7-14(18-9-13(11)15)12-5-6-16-17(8-12)21-10-20-16/h2-9H,10H2,1H3. The summed E-state index contributed by atoms with van der Waals surface area (Å²) in [5.74, 6) is 2.37. The molecular formula is C17H13NO3. The van der Waals surface area contributed by atoms with Crippen LogP contribution in [0, 0.1) is 0 Å². The van der Waals surface area contributed by atoms with E-state index in [1.807, 2.05) is 36.5 Å². The highest BCUT2D eigenvalue weighted by atomic mass is 16.7. The maximum Gasteiger partial charge on any atom is 0.231 e. The molecule has 2 aromatic carbocycles. The molecule has 2 heterocycles. The van der Waals surface area contributed by atoms with Crippen molar-refractivity contribution in [2.75, 3.05) is 13.9 Å². The van der Waals surface area contributed by atoms with E-state index in [2.05, 4.69) is 17.1 Å². The van der Waals surface area contributed by atoms with Gasteiger partial charge in [-0.05, 0) is 35.7 Å². The van der Waals surface area contributed by atoms with Gasteiger partial charge in [-0.15, -0.1) is 0 Å². The van der Waals surface area contributed by atoms with Gasteiger partial charge < -0.3 is 14.2 Å². The topological polar surface area (TPSA) is 40.6 Å². The smallest absolute Gasteiger partial charge is 0.231 e. The van der Waals surface area contributed by atoms with Crippen molar-refractivity contribution in [2.24, 2.45) is 0 Å². The molecule has 0 amide bonds. The molecule has 3 aromatic rings. The number of benzene rings is 2. The average Bonchev–Trinajstić information content (AvgIpc) is 3.01. The van der Waals surface area contributed by atoms with Crippen LogP contribution in [0.3, 0.4) is 0 Å². The normalized spacial score (nSPS) is 12.6. The van der Waals surface area contributed by atoms with Crippen LogP contribution >= 0.6 is 0 Å². The molecule has 0 fully saturated rings. The Morgan fingerprint density at radius 1 is 1.05 bits per heavy atom. The van der Waals surface area contributed by atoms with Crippen molar-refractivity contribution < 1.29 is 14.2 Å². The minimum Gasteiger partial charge on any atom is -0.496 e. The summed E-state index contributed by atoms with van der Waals surface area (Å²) in [5, 5.41) is 2.10. The van der Waals surface area contributed by atoms with Crippen LogP contribution in [0.4, 0.5) is 0 Å². The van der Waals surface area contributed by atoms with Gasteiger partial charge in [-0.2, -0.15) is 0 Å². The summed E-state index contributed by atoms with van der Waals surface area (Å²) in [7, 11) is 1.67. The monoisotopic (exact) mass is 279 g/mol. The van der Waals surface area contributed by atoms with Crippen molar-refractivity contribution in [2.45, 2.75) is 0 Å². The second-order valence-electron chi connectivity index (χ2n) is 4.82. The molecule has 0 spiro atoms. The molecule has 1 aliphatic heterocycles. The van der Waals surface area contributed by atoms with Crippen LogP contribution in [0.25, 0.3) is 22.0 Å². The van der Waals surface area contributed by atoms with Gasteiger partial charge in [-0.25, -0.2) is 0 Å². The highest BCUT2D eigenvalue weighted by Gasteiger charge is 2.14. The SMILES string of the molecule is COc1cccc2cc(-c3ccc4c(c3)OCO4)ncc12. The lowest BCUT2D eigenvalue weighted by Gasteiger charge is -2.07. The van der Waals surface area contributed by atoms with Crippen LogP contribution in [0.15, 0.2) is 48.7 Å². The molecule has 0 saturated carbocycles. The summed E-state index contributed by atoms with van der Waals surface area (Å²) in [5.41, 5.74) is 1.90. The maximum absolute atomic E-state index is 5.41. The summed E-state index contributed by atoms with van der Waals surface area (Å²) in [6.45, 7) is 0.279. The molecule has 0 bridgehead atoms. The molecule has 4 heteroatoms. The second kappa shape index (κ2) is 4.66. The van der Waals surface area contributed by atoms with Crippen molar-refractivity contribution in [3.8, 4) is 28.5 Å². The number of fused-ring (bicyclic) bond motifs is 2. The molecule has 1 aliphatic rings. The summed E-state index contributed by atoms with van der Waals surface area (Å²) >= 11 is 0. The van der Waals surface area contributed by atoms with Crippen molar-refractivity contribution in [3.05, 3.63) is 48.7 Å². The van der Waals surface area contributed by atoms with E-state index >= 15 is 0 Å². The van der Waals surface area contributed by atoms with Gasteiger partial charge in [0.25, 0.3) is 0 Å². The van der Waals surface area contributed by atoms with Crippen molar-refractivity contribution >= 4 is 10.8 Å². The zero-order chi connectivity index (χ0) is 14.2. The van der Waals surface area contributed by atoms with E-state index in [9.17, 15) is 0 Å². The number of hydrogen-bond donors (Lipinski definition) is 0. The van der Waals surface area contributed by atoms with Gasteiger partial charge in [0.15, 0.2) is 11.5 Å².